The van der Waals surface area contributed by atoms with Crippen molar-refractivity contribution in [3.05, 3.63) is 52.9 Å². The number of nitrogens with one attached hydrogen (secondary N) is 3. The maximum atomic E-state index is 13.1. The van der Waals surface area contributed by atoms with E-state index in [1.807, 2.05) is 18.2 Å². The Hall–Kier alpha value is -3.23. The van der Waals surface area contributed by atoms with Gasteiger partial charge < -0.3 is 30.0 Å². The van der Waals surface area contributed by atoms with Crippen LogP contribution in [0.2, 0.25) is 5.02 Å². The smallest absolute Gasteiger partial charge is 0.255 e. The largest absolute Gasteiger partial charge is 0.493 e. The number of H-pyrrole nitrogens is 1. The van der Waals surface area contributed by atoms with Gasteiger partial charge in [-0.05, 0) is 44.1 Å². The molecule has 2 atom stereocenters. The molecule has 0 bridgehead atoms. The van der Waals surface area contributed by atoms with Gasteiger partial charge in [-0.15, -0.1) is 0 Å². The number of amides is 1. The first kappa shape index (κ1) is 25.4. The fourth-order valence-electron chi connectivity index (χ4n) is 5.31. The molecule has 0 spiro atoms. The lowest BCUT2D eigenvalue weighted by atomic mass is 9.98. The fourth-order valence-corrected chi connectivity index (χ4v) is 5.57. The Bertz CT molecular complexity index is 1280. The number of aromatic nitrogens is 2. The summed E-state index contributed by atoms with van der Waals surface area (Å²) in [6.07, 6.45) is 5.79. The zero-order valence-corrected chi connectivity index (χ0v) is 22.3. The Morgan fingerprint density at radius 1 is 1.30 bits per heavy atom. The van der Waals surface area contributed by atoms with Crippen LogP contribution in [0, 0.1) is 5.92 Å². The van der Waals surface area contributed by atoms with Gasteiger partial charge in [0.1, 0.15) is 5.75 Å². The molecule has 3 N–H and O–H groups in total. The molecule has 0 saturated carbocycles. The summed E-state index contributed by atoms with van der Waals surface area (Å²) in [7, 11) is 1.58. The number of hydrogen-bond donors (Lipinski definition) is 3. The molecule has 3 aromatic rings. The molecule has 1 aromatic carbocycles. The summed E-state index contributed by atoms with van der Waals surface area (Å²) in [6, 6.07) is 7.42. The third-order valence-electron chi connectivity index (χ3n) is 7.19. The maximum Gasteiger partial charge on any atom is 0.255 e. The van der Waals surface area contributed by atoms with Crippen LogP contribution in [0.3, 0.4) is 0 Å². The van der Waals surface area contributed by atoms with Gasteiger partial charge >= 0.3 is 0 Å². The number of nitrogens with zero attached hydrogens (tertiary/aromatic N) is 2. The lowest BCUT2D eigenvalue weighted by Crippen LogP contribution is -2.33. The van der Waals surface area contributed by atoms with Crippen molar-refractivity contribution in [2.75, 3.05) is 45.2 Å². The number of ether oxygens (including phenoxy) is 2. The number of aromatic amines is 1. The van der Waals surface area contributed by atoms with E-state index in [1.165, 1.54) is 0 Å². The molecule has 37 heavy (non-hydrogen) atoms. The van der Waals surface area contributed by atoms with E-state index in [9.17, 15) is 4.79 Å². The second-order valence-electron chi connectivity index (χ2n) is 9.86. The quantitative estimate of drug-likeness (QED) is 0.346. The van der Waals surface area contributed by atoms with Crippen molar-refractivity contribution in [3.63, 3.8) is 0 Å². The molecule has 1 fully saturated rings. The van der Waals surface area contributed by atoms with Crippen molar-refractivity contribution in [1.82, 2.24) is 20.2 Å². The molecule has 8 nitrogen and oxygen atoms in total. The second-order valence-corrected chi connectivity index (χ2v) is 10.3. The van der Waals surface area contributed by atoms with Gasteiger partial charge in [0.15, 0.2) is 5.75 Å². The topological polar surface area (TPSA) is 91.5 Å². The monoisotopic (exact) mass is 523 g/mol. The second kappa shape index (κ2) is 11.0. The zero-order chi connectivity index (χ0) is 25.9. The number of halogens is 1. The number of pyridine rings is 1. The Balaban J connectivity index is 1.52. The average molecular weight is 524 g/mol. The first-order valence-corrected chi connectivity index (χ1v) is 13.3. The Kier molecular flexibility index (Phi) is 7.58. The van der Waals surface area contributed by atoms with E-state index < -0.39 is 0 Å². The highest BCUT2D eigenvalue weighted by Gasteiger charge is 2.32. The molecule has 9 heteroatoms. The minimum Gasteiger partial charge on any atom is -0.493 e. The summed E-state index contributed by atoms with van der Waals surface area (Å²) in [5.41, 5.74) is 4.41. The van der Waals surface area contributed by atoms with Crippen molar-refractivity contribution < 1.29 is 14.3 Å². The number of carbonyl (C=O) groups is 1. The number of para-hydroxylation sites is 1. The molecule has 4 heterocycles. The summed E-state index contributed by atoms with van der Waals surface area (Å²) in [5.74, 6) is 1.67. The van der Waals surface area contributed by atoms with Gasteiger partial charge in [0, 0.05) is 42.4 Å². The SMILES string of the molecule is CCCN1CC[C@@H](COc2cnccc2-c2[nH]c3c(c2Nc2cccc(Cl)c2OC)C(=O)NCC3C)C1. The van der Waals surface area contributed by atoms with Gasteiger partial charge in [-0.25, -0.2) is 0 Å². The van der Waals surface area contributed by atoms with Gasteiger partial charge in [-0.3, -0.25) is 9.78 Å². The van der Waals surface area contributed by atoms with Crippen LogP contribution in [-0.2, 0) is 0 Å². The molecule has 2 aliphatic rings. The van der Waals surface area contributed by atoms with E-state index in [0.717, 1.165) is 49.4 Å². The van der Waals surface area contributed by atoms with Gasteiger partial charge in [-0.1, -0.05) is 31.5 Å². The number of likely N-dealkylation sites (tertiary alicyclic amines) is 1. The van der Waals surface area contributed by atoms with Gasteiger partial charge in [0.25, 0.3) is 5.91 Å². The van der Waals surface area contributed by atoms with Crippen LogP contribution in [0.15, 0.2) is 36.7 Å². The van der Waals surface area contributed by atoms with Crippen molar-refractivity contribution in [3.8, 4) is 22.8 Å². The number of fused-ring (bicyclic) bond motifs is 1. The van der Waals surface area contributed by atoms with Crippen LogP contribution in [0.4, 0.5) is 11.4 Å². The molecule has 0 radical (unpaired) electrons. The molecule has 1 unspecified atom stereocenters. The zero-order valence-electron chi connectivity index (χ0n) is 21.6. The predicted molar refractivity (Wildman–Crippen MR) is 146 cm³/mol. The Labute approximate surface area is 222 Å². The average Bonchev–Trinajstić information content (AvgIpc) is 3.51. The molecule has 196 valence electrons. The van der Waals surface area contributed by atoms with Gasteiger partial charge in [0.05, 0.1) is 47.6 Å². The fraction of sp³-hybridized carbons (Fsp3) is 0.429. The lowest BCUT2D eigenvalue weighted by Gasteiger charge is -2.21. The van der Waals surface area contributed by atoms with Crippen LogP contribution in [0.25, 0.3) is 11.3 Å². The number of anilines is 2. The number of rotatable bonds is 9. The molecule has 0 aliphatic carbocycles. The minimum absolute atomic E-state index is 0.123. The summed E-state index contributed by atoms with van der Waals surface area (Å²) >= 11 is 6.40. The number of methoxy groups -OCH3 is 1. The molecular weight excluding hydrogens is 490 g/mol. The molecule has 2 aromatic heterocycles. The predicted octanol–water partition coefficient (Wildman–Crippen LogP) is 5.44. The van der Waals surface area contributed by atoms with Crippen molar-refractivity contribution in [2.24, 2.45) is 5.92 Å². The number of hydrogen-bond acceptors (Lipinski definition) is 6. The van der Waals surface area contributed by atoms with Crippen LogP contribution in [0.1, 0.15) is 48.7 Å². The first-order chi connectivity index (χ1) is 18.0. The summed E-state index contributed by atoms with van der Waals surface area (Å²) in [5, 5.41) is 6.94. The standard InChI is InChI=1S/C28H34ClN5O3/c1-4-11-34-12-9-18(15-34)16-37-22-14-30-10-8-19(22)25-26(23-24(33-25)17(2)13-31-28(23)35)32-21-7-5-6-20(29)27(21)36-3/h5-8,10,14,17-18,32-33H,4,9,11-13,15-16H2,1-3H3,(H,31,35)/t17?,18-/m1/s1. The summed E-state index contributed by atoms with van der Waals surface area (Å²) < 4.78 is 11.9. The van der Waals surface area contributed by atoms with E-state index in [0.29, 0.717) is 52.5 Å². The Morgan fingerprint density at radius 2 is 2.16 bits per heavy atom. The number of benzene rings is 1. The van der Waals surface area contributed by atoms with Gasteiger partial charge in [0.2, 0.25) is 0 Å². The van der Waals surface area contributed by atoms with E-state index in [4.69, 9.17) is 21.1 Å². The van der Waals surface area contributed by atoms with E-state index in [1.54, 1.807) is 25.6 Å². The van der Waals surface area contributed by atoms with Crippen molar-refractivity contribution in [2.45, 2.75) is 32.6 Å². The molecule has 5 rings (SSSR count). The summed E-state index contributed by atoms with van der Waals surface area (Å²) in [6.45, 7) is 8.81. The molecule has 1 amide bonds. The van der Waals surface area contributed by atoms with Crippen molar-refractivity contribution >= 4 is 28.9 Å². The minimum atomic E-state index is -0.127. The van der Waals surface area contributed by atoms with Crippen LogP contribution in [0.5, 0.6) is 11.5 Å². The van der Waals surface area contributed by atoms with Crippen LogP contribution >= 0.6 is 11.6 Å². The number of carbonyl (C=O) groups excluding carboxylic acids is 1. The van der Waals surface area contributed by atoms with Crippen molar-refractivity contribution in [1.29, 1.82) is 0 Å². The van der Waals surface area contributed by atoms with Gasteiger partial charge in [-0.2, -0.15) is 0 Å². The normalized spacial score (nSPS) is 19.4. The van der Waals surface area contributed by atoms with E-state index in [-0.39, 0.29) is 11.8 Å². The van der Waals surface area contributed by atoms with E-state index >= 15 is 0 Å². The highest BCUT2D eigenvalue weighted by atomic mass is 35.5. The van der Waals surface area contributed by atoms with Crippen LogP contribution in [-0.4, -0.2) is 60.7 Å². The highest BCUT2D eigenvalue weighted by molar-refractivity contribution is 6.32. The first-order valence-electron chi connectivity index (χ1n) is 12.9. The van der Waals surface area contributed by atoms with E-state index in [2.05, 4.69) is 39.3 Å². The third kappa shape index (κ3) is 5.13. The Morgan fingerprint density at radius 3 is 2.97 bits per heavy atom. The lowest BCUT2D eigenvalue weighted by molar-refractivity contribution is 0.0942. The maximum absolute atomic E-state index is 13.1. The third-order valence-corrected chi connectivity index (χ3v) is 7.48. The molecule has 2 aliphatic heterocycles. The molecular formula is C28H34ClN5O3. The van der Waals surface area contributed by atoms with Crippen LogP contribution < -0.4 is 20.1 Å². The molecule has 1 saturated heterocycles. The summed E-state index contributed by atoms with van der Waals surface area (Å²) in [4.78, 5) is 23.5. The highest BCUT2D eigenvalue weighted by Crippen LogP contribution is 2.44.